The number of hydrogen-bond acceptors (Lipinski definition) is 4. The maximum absolute atomic E-state index is 9.26. The van der Waals surface area contributed by atoms with E-state index >= 15 is 0 Å². The van der Waals surface area contributed by atoms with Crippen molar-refractivity contribution in [3.8, 4) is 34.5 Å². The molecule has 3 aromatic rings. The van der Waals surface area contributed by atoms with E-state index in [4.69, 9.17) is 9.47 Å². The van der Waals surface area contributed by atoms with Crippen LogP contribution in [0.15, 0.2) is 48.5 Å². The van der Waals surface area contributed by atoms with Crippen molar-refractivity contribution in [1.29, 1.82) is 5.26 Å². The molecule has 0 atom stereocenters. The van der Waals surface area contributed by atoms with Crippen LogP contribution in [0.5, 0.6) is 11.5 Å². The highest BCUT2D eigenvalue weighted by molar-refractivity contribution is 5.71. The van der Waals surface area contributed by atoms with Gasteiger partial charge < -0.3 is 9.47 Å². The average molecular weight is 319 g/mol. The van der Waals surface area contributed by atoms with Gasteiger partial charge in [0.2, 0.25) is 0 Å². The summed E-state index contributed by atoms with van der Waals surface area (Å²) in [4.78, 5) is 0. The van der Waals surface area contributed by atoms with E-state index in [1.807, 2.05) is 49.4 Å². The van der Waals surface area contributed by atoms with Crippen molar-refractivity contribution in [2.45, 2.75) is 6.92 Å². The predicted molar refractivity (Wildman–Crippen MR) is 91.6 cm³/mol. The molecule has 0 saturated heterocycles. The second-order valence-electron chi connectivity index (χ2n) is 5.34. The number of nitrogens with zero attached hydrogens (tertiary/aromatic N) is 3. The SMILES string of the molecule is COc1ccc(-c2cc(C#N)nn2-c2cccc(C)c2)c(OC)c1. The molecule has 24 heavy (non-hydrogen) atoms. The Hall–Kier alpha value is -3.26. The topological polar surface area (TPSA) is 60.1 Å². The van der Waals surface area contributed by atoms with Gasteiger partial charge in [0, 0.05) is 17.7 Å². The molecular weight excluding hydrogens is 302 g/mol. The van der Waals surface area contributed by atoms with Crippen molar-refractivity contribution in [3.05, 3.63) is 59.8 Å². The van der Waals surface area contributed by atoms with Crippen LogP contribution in [0.25, 0.3) is 16.9 Å². The van der Waals surface area contributed by atoms with Gasteiger partial charge in [0.25, 0.3) is 0 Å². The van der Waals surface area contributed by atoms with Gasteiger partial charge in [-0.05, 0) is 36.8 Å². The fourth-order valence-electron chi connectivity index (χ4n) is 2.59. The van der Waals surface area contributed by atoms with Gasteiger partial charge in [0.15, 0.2) is 5.69 Å². The van der Waals surface area contributed by atoms with Crippen LogP contribution in [0.1, 0.15) is 11.3 Å². The lowest BCUT2D eigenvalue weighted by atomic mass is 10.1. The van der Waals surface area contributed by atoms with Crippen LogP contribution in [0, 0.1) is 18.3 Å². The number of nitriles is 1. The third-order valence-electron chi connectivity index (χ3n) is 3.75. The second-order valence-corrected chi connectivity index (χ2v) is 5.34. The molecule has 5 nitrogen and oxygen atoms in total. The van der Waals surface area contributed by atoms with Crippen molar-refractivity contribution in [1.82, 2.24) is 9.78 Å². The molecule has 0 amide bonds. The lowest BCUT2D eigenvalue weighted by molar-refractivity contribution is 0.395. The maximum atomic E-state index is 9.26. The summed E-state index contributed by atoms with van der Waals surface area (Å²) in [6.07, 6.45) is 0. The zero-order valence-corrected chi connectivity index (χ0v) is 13.8. The molecule has 0 unspecified atom stereocenters. The number of hydrogen-bond donors (Lipinski definition) is 0. The maximum Gasteiger partial charge on any atom is 0.163 e. The Labute approximate surface area is 140 Å². The normalized spacial score (nSPS) is 10.2. The minimum atomic E-state index is 0.351. The fraction of sp³-hybridized carbons (Fsp3) is 0.158. The standard InChI is InChI=1S/C19H17N3O2/c1-13-5-4-6-15(9-13)22-18(10-14(12-20)21-22)17-8-7-16(23-2)11-19(17)24-3/h4-11H,1-3H3. The Kier molecular flexibility index (Phi) is 4.21. The van der Waals surface area contributed by atoms with Crippen LogP contribution in [0.3, 0.4) is 0 Å². The van der Waals surface area contributed by atoms with Crippen molar-refractivity contribution < 1.29 is 9.47 Å². The van der Waals surface area contributed by atoms with Crippen LogP contribution >= 0.6 is 0 Å². The monoisotopic (exact) mass is 319 g/mol. The lowest BCUT2D eigenvalue weighted by Gasteiger charge is -2.12. The summed E-state index contributed by atoms with van der Waals surface area (Å²) in [7, 11) is 3.22. The number of ether oxygens (including phenoxy) is 2. The average Bonchev–Trinajstić information content (AvgIpc) is 3.05. The van der Waals surface area contributed by atoms with E-state index in [1.54, 1.807) is 25.0 Å². The van der Waals surface area contributed by atoms with Crippen molar-refractivity contribution >= 4 is 0 Å². The molecule has 3 rings (SSSR count). The molecule has 120 valence electrons. The zero-order chi connectivity index (χ0) is 17.1. The third kappa shape index (κ3) is 2.82. The molecular formula is C19H17N3O2. The summed E-state index contributed by atoms with van der Waals surface area (Å²) in [6, 6.07) is 17.4. The van der Waals surface area contributed by atoms with E-state index in [0.29, 0.717) is 17.2 Å². The molecule has 0 aliphatic rings. The summed E-state index contributed by atoms with van der Waals surface area (Å²) in [5.41, 5.74) is 3.99. The first-order valence-corrected chi connectivity index (χ1v) is 7.46. The van der Waals surface area contributed by atoms with Crippen molar-refractivity contribution in [2.75, 3.05) is 14.2 Å². The second kappa shape index (κ2) is 6.47. The van der Waals surface area contributed by atoms with Gasteiger partial charge in [0.05, 0.1) is 25.6 Å². The Morgan fingerprint density at radius 1 is 1.04 bits per heavy atom. The van der Waals surface area contributed by atoms with E-state index in [2.05, 4.69) is 11.2 Å². The van der Waals surface area contributed by atoms with Gasteiger partial charge in [-0.15, -0.1) is 0 Å². The van der Waals surface area contributed by atoms with Crippen molar-refractivity contribution in [3.63, 3.8) is 0 Å². The van der Waals surface area contributed by atoms with E-state index in [1.165, 1.54) is 0 Å². The molecule has 0 fully saturated rings. The first-order valence-electron chi connectivity index (χ1n) is 7.46. The summed E-state index contributed by atoms with van der Waals surface area (Å²) >= 11 is 0. The van der Waals surface area contributed by atoms with Crippen LogP contribution in [0.2, 0.25) is 0 Å². The van der Waals surface area contributed by atoms with Crippen LogP contribution in [-0.4, -0.2) is 24.0 Å². The molecule has 0 N–H and O–H groups in total. The first-order chi connectivity index (χ1) is 11.7. The summed E-state index contributed by atoms with van der Waals surface area (Å²) in [5.74, 6) is 1.37. The number of aromatic nitrogens is 2. The fourth-order valence-corrected chi connectivity index (χ4v) is 2.59. The van der Waals surface area contributed by atoms with Crippen molar-refractivity contribution in [2.24, 2.45) is 0 Å². The van der Waals surface area contributed by atoms with E-state index in [-0.39, 0.29) is 0 Å². The Morgan fingerprint density at radius 2 is 1.88 bits per heavy atom. The molecule has 5 heteroatoms. The highest BCUT2D eigenvalue weighted by Crippen LogP contribution is 2.34. The molecule has 0 aliphatic heterocycles. The predicted octanol–water partition coefficient (Wildman–Crippen LogP) is 3.74. The Balaban J connectivity index is 2.22. The molecule has 1 heterocycles. The summed E-state index contributed by atoms with van der Waals surface area (Å²) in [5, 5.41) is 13.7. The quantitative estimate of drug-likeness (QED) is 0.735. The molecule has 0 saturated carbocycles. The van der Waals surface area contributed by atoms with Crippen LogP contribution in [-0.2, 0) is 0 Å². The highest BCUT2D eigenvalue weighted by Gasteiger charge is 2.16. The lowest BCUT2D eigenvalue weighted by Crippen LogP contribution is -2.01. The Bertz CT molecular complexity index is 923. The number of rotatable bonds is 4. The van der Waals surface area contributed by atoms with Gasteiger partial charge in [-0.25, -0.2) is 4.68 Å². The summed E-state index contributed by atoms with van der Waals surface area (Å²) in [6.45, 7) is 2.02. The van der Waals surface area contributed by atoms with Gasteiger partial charge in [-0.2, -0.15) is 10.4 Å². The number of aryl methyl sites for hydroxylation is 1. The molecule has 0 aliphatic carbocycles. The largest absolute Gasteiger partial charge is 0.497 e. The molecule has 1 aromatic heterocycles. The summed E-state index contributed by atoms with van der Waals surface area (Å²) < 4.78 is 12.5. The number of methoxy groups -OCH3 is 2. The third-order valence-corrected chi connectivity index (χ3v) is 3.75. The van der Waals surface area contributed by atoms with Gasteiger partial charge in [-0.1, -0.05) is 12.1 Å². The minimum absolute atomic E-state index is 0.351. The zero-order valence-electron chi connectivity index (χ0n) is 13.8. The van der Waals surface area contributed by atoms with Gasteiger partial charge in [-0.3, -0.25) is 0 Å². The van der Waals surface area contributed by atoms with Gasteiger partial charge in [0.1, 0.15) is 17.6 Å². The molecule has 0 bridgehead atoms. The van der Waals surface area contributed by atoms with Gasteiger partial charge >= 0.3 is 0 Å². The van der Waals surface area contributed by atoms with E-state index in [0.717, 1.165) is 22.5 Å². The van der Waals surface area contributed by atoms with Crippen LogP contribution < -0.4 is 9.47 Å². The smallest absolute Gasteiger partial charge is 0.163 e. The highest BCUT2D eigenvalue weighted by atomic mass is 16.5. The van der Waals surface area contributed by atoms with Crippen LogP contribution in [0.4, 0.5) is 0 Å². The number of benzene rings is 2. The molecule has 0 spiro atoms. The molecule has 0 radical (unpaired) electrons. The first kappa shape index (κ1) is 15.6. The molecule has 2 aromatic carbocycles. The Morgan fingerprint density at radius 3 is 2.54 bits per heavy atom. The van der Waals surface area contributed by atoms with E-state index in [9.17, 15) is 5.26 Å². The minimum Gasteiger partial charge on any atom is -0.497 e. The van der Waals surface area contributed by atoms with E-state index < -0.39 is 0 Å².